The zero-order valence-electron chi connectivity index (χ0n) is 16.5. The molecule has 146 valence electrons. The minimum absolute atomic E-state index is 0.181. The van der Waals surface area contributed by atoms with E-state index >= 15 is 0 Å². The van der Waals surface area contributed by atoms with Crippen LogP contribution >= 0.6 is 0 Å². The lowest BCUT2D eigenvalue weighted by atomic mass is 10.0. The molecule has 1 aromatic heterocycles. The number of hydrogen-bond acceptors (Lipinski definition) is 4. The van der Waals surface area contributed by atoms with Gasteiger partial charge in [-0.15, -0.1) is 5.10 Å². The molecule has 0 saturated carbocycles. The number of aryl methyl sites for hydroxylation is 1. The lowest BCUT2D eigenvalue weighted by Gasteiger charge is -2.34. The van der Waals surface area contributed by atoms with Crippen LogP contribution in [0.4, 0.5) is 0 Å². The van der Waals surface area contributed by atoms with Crippen LogP contribution in [0.1, 0.15) is 42.8 Å². The van der Waals surface area contributed by atoms with Gasteiger partial charge in [0.05, 0.1) is 19.2 Å². The summed E-state index contributed by atoms with van der Waals surface area (Å²) in [5, 5.41) is 12.9. The number of nitrogens with zero attached hydrogens (tertiary/aromatic N) is 4. The third kappa shape index (κ3) is 4.20. The molecule has 2 fully saturated rings. The van der Waals surface area contributed by atoms with Gasteiger partial charge in [-0.3, -0.25) is 0 Å². The number of tetrazole rings is 1. The highest BCUT2D eigenvalue weighted by Gasteiger charge is 2.35. The zero-order chi connectivity index (χ0) is 18.6. The van der Waals surface area contributed by atoms with E-state index in [1.54, 1.807) is 9.80 Å². The molecule has 2 aliphatic rings. The summed E-state index contributed by atoms with van der Waals surface area (Å²) < 4.78 is 7.82. The van der Waals surface area contributed by atoms with Gasteiger partial charge in [0, 0.05) is 12.2 Å². The van der Waals surface area contributed by atoms with Crippen molar-refractivity contribution in [3.63, 3.8) is 0 Å². The molecule has 7 heteroatoms. The molecule has 2 saturated heterocycles. The van der Waals surface area contributed by atoms with E-state index in [2.05, 4.69) is 53.6 Å². The van der Waals surface area contributed by atoms with Crippen LogP contribution in [0.2, 0.25) is 0 Å². The topological polar surface area (TPSA) is 61.7 Å². The van der Waals surface area contributed by atoms with E-state index < -0.39 is 0 Å². The van der Waals surface area contributed by atoms with Crippen molar-refractivity contribution in [2.75, 3.05) is 39.3 Å². The second-order valence-electron chi connectivity index (χ2n) is 7.96. The highest BCUT2D eigenvalue weighted by molar-refractivity contribution is 5.26. The van der Waals surface area contributed by atoms with Gasteiger partial charge in [0.1, 0.15) is 26.2 Å². The number of likely N-dealkylation sites (N-methyl/N-ethyl adjacent to an activating group) is 1. The maximum Gasteiger partial charge on any atom is 0.214 e. The minimum atomic E-state index is 0.181. The monoisotopic (exact) mass is 372 g/mol. The standard InChI is InChI=1S/C20H30N6O/c1-3-24-10-12-25(13-11-24)19(17-8-6-16(2)7-9-17)20-21-22-23-26(20)15-18-5-4-14-27-18/h6-9,18-19H,3-5,10-15H2,1-2H3/p+2/t18-,19-/m1/s1. The Labute approximate surface area is 161 Å². The Morgan fingerprint density at radius 2 is 1.96 bits per heavy atom. The number of benzene rings is 1. The summed E-state index contributed by atoms with van der Waals surface area (Å²) in [5.74, 6) is 0.976. The van der Waals surface area contributed by atoms with E-state index in [4.69, 9.17) is 4.74 Å². The van der Waals surface area contributed by atoms with Gasteiger partial charge in [-0.25, -0.2) is 4.68 Å². The number of piperazine rings is 1. The smallest absolute Gasteiger partial charge is 0.214 e. The van der Waals surface area contributed by atoms with Crippen LogP contribution in [0, 0.1) is 6.92 Å². The highest BCUT2D eigenvalue weighted by Crippen LogP contribution is 2.20. The van der Waals surface area contributed by atoms with Gasteiger partial charge in [-0.05, 0) is 37.1 Å². The summed E-state index contributed by atoms with van der Waals surface area (Å²) in [5.41, 5.74) is 2.59. The number of rotatable bonds is 6. The van der Waals surface area contributed by atoms with Gasteiger partial charge in [0.2, 0.25) is 5.82 Å². The van der Waals surface area contributed by atoms with E-state index in [1.165, 1.54) is 30.8 Å². The lowest BCUT2D eigenvalue weighted by molar-refractivity contribution is -1.02. The average molecular weight is 373 g/mol. The van der Waals surface area contributed by atoms with Crippen LogP contribution in [0.15, 0.2) is 24.3 Å². The van der Waals surface area contributed by atoms with E-state index in [0.717, 1.165) is 44.9 Å². The first-order valence-electron chi connectivity index (χ1n) is 10.4. The Bertz CT molecular complexity index is 716. The summed E-state index contributed by atoms with van der Waals surface area (Å²) in [6.45, 7) is 11.9. The summed E-state index contributed by atoms with van der Waals surface area (Å²) in [7, 11) is 0. The molecule has 0 spiro atoms. The van der Waals surface area contributed by atoms with Gasteiger partial charge in [-0.2, -0.15) is 0 Å². The molecule has 4 rings (SSSR count). The average Bonchev–Trinajstić information content (AvgIpc) is 3.37. The molecule has 1 aromatic carbocycles. The van der Waals surface area contributed by atoms with Gasteiger partial charge >= 0.3 is 0 Å². The Hall–Kier alpha value is -1.83. The second-order valence-corrected chi connectivity index (χ2v) is 7.96. The normalized spacial score (nSPS) is 27.0. The third-order valence-corrected chi connectivity index (χ3v) is 6.14. The molecular weight excluding hydrogens is 340 g/mol. The van der Waals surface area contributed by atoms with Crippen LogP contribution in [0.25, 0.3) is 0 Å². The van der Waals surface area contributed by atoms with Gasteiger partial charge < -0.3 is 14.5 Å². The largest absolute Gasteiger partial charge is 0.376 e. The van der Waals surface area contributed by atoms with Gasteiger partial charge in [-0.1, -0.05) is 29.8 Å². The molecular formula is C20H32N6O+2. The molecule has 2 aromatic rings. The zero-order valence-corrected chi connectivity index (χ0v) is 16.5. The molecule has 2 atom stereocenters. The van der Waals surface area contributed by atoms with E-state index in [-0.39, 0.29) is 12.1 Å². The van der Waals surface area contributed by atoms with E-state index in [0.29, 0.717) is 0 Å². The molecule has 2 aliphatic heterocycles. The molecule has 2 N–H and O–H groups in total. The Morgan fingerprint density at radius 3 is 2.63 bits per heavy atom. The molecule has 0 amide bonds. The van der Waals surface area contributed by atoms with E-state index in [1.807, 2.05) is 4.68 Å². The SMILES string of the molecule is CC[NH+]1CC[NH+]([C@H](c2ccc(C)cc2)c2nnnn2C[C@H]2CCCO2)CC1. The highest BCUT2D eigenvalue weighted by atomic mass is 16.5. The summed E-state index contributed by atoms with van der Waals surface area (Å²) in [6.07, 6.45) is 2.47. The number of quaternary nitrogens is 2. The van der Waals surface area contributed by atoms with Crippen molar-refractivity contribution in [3.8, 4) is 0 Å². The summed E-state index contributed by atoms with van der Waals surface area (Å²) in [6, 6.07) is 9.07. The fourth-order valence-corrected chi connectivity index (χ4v) is 4.42. The van der Waals surface area contributed by atoms with Crippen molar-refractivity contribution in [1.82, 2.24) is 20.2 Å². The van der Waals surface area contributed by atoms with E-state index in [9.17, 15) is 0 Å². The van der Waals surface area contributed by atoms with Crippen LogP contribution in [0.3, 0.4) is 0 Å². The lowest BCUT2D eigenvalue weighted by Crippen LogP contribution is -3.28. The Kier molecular flexibility index (Phi) is 5.80. The molecule has 3 heterocycles. The molecule has 0 unspecified atom stereocenters. The summed E-state index contributed by atoms with van der Waals surface area (Å²) in [4.78, 5) is 3.26. The molecule has 27 heavy (non-hydrogen) atoms. The maximum absolute atomic E-state index is 5.83. The number of ether oxygens (including phenoxy) is 1. The van der Waals surface area contributed by atoms with Gasteiger partial charge in [0.25, 0.3) is 0 Å². The number of nitrogens with one attached hydrogen (secondary N) is 2. The predicted octanol–water partition coefficient (Wildman–Crippen LogP) is -0.947. The first-order valence-corrected chi connectivity index (χ1v) is 10.4. The summed E-state index contributed by atoms with van der Waals surface area (Å²) >= 11 is 0. The molecule has 0 radical (unpaired) electrons. The van der Waals surface area contributed by atoms with Crippen molar-refractivity contribution >= 4 is 0 Å². The van der Waals surface area contributed by atoms with Gasteiger partial charge in [0.15, 0.2) is 6.04 Å². The van der Waals surface area contributed by atoms with Crippen molar-refractivity contribution in [2.24, 2.45) is 0 Å². The fourth-order valence-electron chi connectivity index (χ4n) is 4.42. The quantitative estimate of drug-likeness (QED) is 0.687. The third-order valence-electron chi connectivity index (χ3n) is 6.14. The number of aromatic nitrogens is 4. The fraction of sp³-hybridized carbons (Fsp3) is 0.650. The van der Waals surface area contributed by atoms with Crippen molar-refractivity contribution in [2.45, 2.75) is 45.4 Å². The van der Waals surface area contributed by atoms with Crippen molar-refractivity contribution < 1.29 is 14.5 Å². The minimum Gasteiger partial charge on any atom is -0.376 e. The van der Waals surface area contributed by atoms with Crippen molar-refractivity contribution in [1.29, 1.82) is 0 Å². The molecule has 0 aliphatic carbocycles. The predicted molar refractivity (Wildman–Crippen MR) is 102 cm³/mol. The van der Waals surface area contributed by atoms with Crippen LogP contribution in [0.5, 0.6) is 0 Å². The first kappa shape index (κ1) is 18.5. The first-order chi connectivity index (χ1) is 13.2. The Balaban J connectivity index is 1.62. The molecule has 0 bridgehead atoms. The van der Waals surface area contributed by atoms with Crippen LogP contribution in [-0.2, 0) is 11.3 Å². The second kappa shape index (κ2) is 8.46. The van der Waals surface area contributed by atoms with Crippen LogP contribution < -0.4 is 9.80 Å². The van der Waals surface area contributed by atoms with Crippen molar-refractivity contribution in [3.05, 3.63) is 41.2 Å². The maximum atomic E-state index is 5.83. The Morgan fingerprint density at radius 1 is 1.19 bits per heavy atom. The molecule has 7 nitrogen and oxygen atoms in total. The number of hydrogen-bond donors (Lipinski definition) is 2. The van der Waals surface area contributed by atoms with Crippen LogP contribution in [-0.4, -0.2) is 65.6 Å².